The molecule has 0 spiro atoms. The molecule has 90 valence electrons. The predicted octanol–water partition coefficient (Wildman–Crippen LogP) is 1.44. The number of furan rings is 1. The molecule has 0 bridgehead atoms. The molecular weight excluding hydrogens is 228 g/mol. The van der Waals surface area contributed by atoms with E-state index >= 15 is 0 Å². The second-order valence-corrected chi connectivity index (χ2v) is 3.92. The topological polar surface area (TPSA) is 59.5 Å². The van der Waals surface area contributed by atoms with Crippen LogP contribution in [0.1, 0.15) is 29.7 Å². The third kappa shape index (κ3) is 2.57. The first-order chi connectivity index (χ1) is 7.20. The summed E-state index contributed by atoms with van der Waals surface area (Å²) in [5, 5.41) is 0. The van der Waals surface area contributed by atoms with Crippen molar-refractivity contribution in [3.8, 4) is 0 Å². The van der Waals surface area contributed by atoms with Gasteiger partial charge in [-0.25, -0.2) is 0 Å². The van der Waals surface area contributed by atoms with Crippen LogP contribution in [0.15, 0.2) is 16.5 Å². The van der Waals surface area contributed by atoms with Crippen LogP contribution in [0.25, 0.3) is 0 Å². The standard InChI is InChI=1S/C11H16N2O2.ClH/c1-2-9-3-4-10(15-9)11(14)13-6-5-8(12)7-13;/h3-4,8H,2,5-7,12H2,1H3;1H. The molecule has 1 fully saturated rings. The molecule has 2 heterocycles. The monoisotopic (exact) mass is 244 g/mol. The van der Waals surface area contributed by atoms with Crippen LogP contribution in [-0.4, -0.2) is 29.9 Å². The SMILES string of the molecule is CCc1ccc(C(=O)N2CCC(N)C2)o1.Cl. The van der Waals surface area contributed by atoms with Crippen molar-refractivity contribution in [3.63, 3.8) is 0 Å². The highest BCUT2D eigenvalue weighted by Gasteiger charge is 2.26. The fraction of sp³-hybridized carbons (Fsp3) is 0.545. The lowest BCUT2D eigenvalue weighted by molar-refractivity contribution is 0.0757. The Kier molecular flexibility index (Phi) is 4.38. The van der Waals surface area contributed by atoms with Crippen molar-refractivity contribution in [3.05, 3.63) is 23.7 Å². The zero-order valence-corrected chi connectivity index (χ0v) is 10.1. The quantitative estimate of drug-likeness (QED) is 0.856. The number of amides is 1. The maximum Gasteiger partial charge on any atom is 0.289 e. The van der Waals surface area contributed by atoms with Crippen molar-refractivity contribution in [2.45, 2.75) is 25.8 Å². The van der Waals surface area contributed by atoms with E-state index in [1.165, 1.54) is 0 Å². The number of nitrogens with two attached hydrogens (primary N) is 1. The molecule has 1 aromatic rings. The number of nitrogens with zero attached hydrogens (tertiary/aromatic N) is 1. The minimum atomic E-state index is -0.0392. The molecule has 1 aliphatic heterocycles. The van der Waals surface area contributed by atoms with Gasteiger partial charge in [-0.1, -0.05) is 6.92 Å². The molecule has 1 aliphatic rings. The predicted molar refractivity (Wildman–Crippen MR) is 63.8 cm³/mol. The first kappa shape index (κ1) is 13.1. The zero-order chi connectivity index (χ0) is 10.8. The average Bonchev–Trinajstić information content (AvgIpc) is 2.84. The fourth-order valence-corrected chi connectivity index (χ4v) is 1.81. The van der Waals surface area contributed by atoms with E-state index in [-0.39, 0.29) is 24.4 Å². The maximum atomic E-state index is 11.9. The Morgan fingerprint density at radius 2 is 2.38 bits per heavy atom. The summed E-state index contributed by atoms with van der Waals surface area (Å²) in [6, 6.07) is 3.71. The fourth-order valence-electron chi connectivity index (χ4n) is 1.81. The molecule has 16 heavy (non-hydrogen) atoms. The van der Waals surface area contributed by atoms with Crippen molar-refractivity contribution in [1.29, 1.82) is 0 Å². The van der Waals surface area contributed by atoms with E-state index in [4.69, 9.17) is 10.2 Å². The first-order valence-corrected chi connectivity index (χ1v) is 5.34. The Balaban J connectivity index is 0.00000128. The Morgan fingerprint density at radius 3 is 2.88 bits per heavy atom. The van der Waals surface area contributed by atoms with E-state index in [1.54, 1.807) is 11.0 Å². The van der Waals surface area contributed by atoms with Crippen LogP contribution >= 0.6 is 12.4 Å². The van der Waals surface area contributed by atoms with Crippen molar-refractivity contribution in [1.82, 2.24) is 4.90 Å². The highest BCUT2D eigenvalue weighted by Crippen LogP contribution is 2.15. The summed E-state index contributed by atoms with van der Waals surface area (Å²) in [5.41, 5.74) is 5.75. The number of rotatable bonds is 2. The van der Waals surface area contributed by atoms with Crippen LogP contribution in [0.3, 0.4) is 0 Å². The number of likely N-dealkylation sites (tertiary alicyclic amines) is 1. The highest BCUT2D eigenvalue weighted by molar-refractivity contribution is 5.91. The van der Waals surface area contributed by atoms with Gasteiger partial charge in [0, 0.05) is 25.6 Å². The second kappa shape index (κ2) is 5.37. The minimum absolute atomic E-state index is 0. The van der Waals surface area contributed by atoms with Crippen molar-refractivity contribution >= 4 is 18.3 Å². The van der Waals surface area contributed by atoms with Gasteiger partial charge in [-0.2, -0.15) is 0 Å². The third-order valence-corrected chi connectivity index (χ3v) is 2.73. The number of carbonyl (C=O) groups is 1. The lowest BCUT2D eigenvalue weighted by Gasteiger charge is -2.13. The van der Waals surface area contributed by atoms with Gasteiger partial charge >= 0.3 is 0 Å². The Morgan fingerprint density at radius 1 is 1.62 bits per heavy atom. The smallest absolute Gasteiger partial charge is 0.289 e. The molecule has 0 aliphatic carbocycles. The number of hydrogen-bond acceptors (Lipinski definition) is 3. The number of carbonyl (C=O) groups excluding carboxylic acids is 1. The van der Waals surface area contributed by atoms with Gasteiger partial charge in [0.1, 0.15) is 5.76 Å². The van der Waals surface area contributed by atoms with Gasteiger partial charge in [0.15, 0.2) is 5.76 Å². The molecule has 2 rings (SSSR count). The number of aryl methyl sites for hydroxylation is 1. The summed E-state index contributed by atoms with van der Waals surface area (Å²) in [4.78, 5) is 13.7. The first-order valence-electron chi connectivity index (χ1n) is 5.34. The Labute approximate surface area is 101 Å². The number of hydrogen-bond donors (Lipinski definition) is 1. The van der Waals surface area contributed by atoms with E-state index in [0.717, 1.165) is 25.1 Å². The second-order valence-electron chi connectivity index (χ2n) is 3.92. The van der Waals surface area contributed by atoms with E-state index in [0.29, 0.717) is 12.3 Å². The van der Waals surface area contributed by atoms with Gasteiger partial charge in [-0.15, -0.1) is 12.4 Å². The van der Waals surface area contributed by atoms with Gasteiger partial charge in [0.25, 0.3) is 5.91 Å². The van der Waals surface area contributed by atoms with E-state index in [1.807, 2.05) is 13.0 Å². The normalized spacial score (nSPS) is 19.6. The van der Waals surface area contributed by atoms with Gasteiger partial charge in [0.05, 0.1) is 0 Å². The Bertz CT molecular complexity index is 365. The Hall–Kier alpha value is -1.00. The molecule has 1 unspecified atom stereocenters. The number of halogens is 1. The molecule has 0 radical (unpaired) electrons. The van der Waals surface area contributed by atoms with Gasteiger partial charge in [-0.3, -0.25) is 4.79 Å². The van der Waals surface area contributed by atoms with Crippen LogP contribution in [0.4, 0.5) is 0 Å². The van der Waals surface area contributed by atoms with Gasteiger partial charge in [-0.05, 0) is 18.6 Å². The molecule has 5 heteroatoms. The molecule has 1 amide bonds. The van der Waals surface area contributed by atoms with Crippen molar-refractivity contribution in [2.75, 3.05) is 13.1 Å². The molecule has 1 aromatic heterocycles. The molecular formula is C11H17ClN2O2. The van der Waals surface area contributed by atoms with E-state index in [2.05, 4.69) is 0 Å². The molecule has 4 nitrogen and oxygen atoms in total. The molecule has 1 atom stereocenters. The summed E-state index contributed by atoms with van der Waals surface area (Å²) in [6.45, 7) is 3.38. The van der Waals surface area contributed by atoms with Crippen molar-refractivity contribution in [2.24, 2.45) is 5.73 Å². The van der Waals surface area contributed by atoms with Crippen LogP contribution in [0.2, 0.25) is 0 Å². The lowest BCUT2D eigenvalue weighted by Crippen LogP contribution is -2.31. The minimum Gasteiger partial charge on any atom is -0.456 e. The van der Waals surface area contributed by atoms with Gasteiger partial charge in [0.2, 0.25) is 0 Å². The van der Waals surface area contributed by atoms with Gasteiger partial charge < -0.3 is 15.1 Å². The van der Waals surface area contributed by atoms with Crippen LogP contribution < -0.4 is 5.73 Å². The van der Waals surface area contributed by atoms with Crippen LogP contribution in [0, 0.1) is 0 Å². The third-order valence-electron chi connectivity index (χ3n) is 2.73. The van der Waals surface area contributed by atoms with E-state index in [9.17, 15) is 4.79 Å². The summed E-state index contributed by atoms with van der Waals surface area (Å²) in [6.07, 6.45) is 1.69. The summed E-state index contributed by atoms with van der Waals surface area (Å²) in [7, 11) is 0. The van der Waals surface area contributed by atoms with Crippen LogP contribution in [0.5, 0.6) is 0 Å². The average molecular weight is 245 g/mol. The summed E-state index contributed by atoms with van der Waals surface area (Å²) in [5.74, 6) is 1.24. The zero-order valence-electron chi connectivity index (χ0n) is 9.31. The maximum absolute atomic E-state index is 11.9. The summed E-state index contributed by atoms with van der Waals surface area (Å²) < 4.78 is 5.41. The summed E-state index contributed by atoms with van der Waals surface area (Å²) >= 11 is 0. The van der Waals surface area contributed by atoms with Crippen LogP contribution in [-0.2, 0) is 6.42 Å². The molecule has 0 saturated carbocycles. The molecule has 1 saturated heterocycles. The molecule has 2 N–H and O–H groups in total. The largest absolute Gasteiger partial charge is 0.456 e. The molecule has 0 aromatic carbocycles. The lowest BCUT2D eigenvalue weighted by atomic mass is 10.3. The highest BCUT2D eigenvalue weighted by atomic mass is 35.5. The van der Waals surface area contributed by atoms with E-state index < -0.39 is 0 Å². The van der Waals surface area contributed by atoms with Crippen molar-refractivity contribution < 1.29 is 9.21 Å².